The Morgan fingerprint density at radius 2 is 1.68 bits per heavy atom. The van der Waals surface area contributed by atoms with Gasteiger partial charge in [0.1, 0.15) is 0 Å². The highest BCUT2D eigenvalue weighted by Crippen LogP contribution is 2.21. The van der Waals surface area contributed by atoms with Crippen LogP contribution in [0.5, 0.6) is 0 Å². The Morgan fingerprint density at radius 3 is 2.36 bits per heavy atom. The van der Waals surface area contributed by atoms with Crippen LogP contribution in [0.4, 0.5) is 11.4 Å². The molecule has 3 rings (SSSR count). The van der Waals surface area contributed by atoms with Gasteiger partial charge in [-0.05, 0) is 36.8 Å². The lowest BCUT2D eigenvalue weighted by Gasteiger charge is -2.36. The van der Waals surface area contributed by atoms with Crippen molar-refractivity contribution in [3.63, 3.8) is 0 Å². The zero-order valence-corrected chi connectivity index (χ0v) is 16.9. The number of nitrogens with zero attached hydrogens (tertiary/aromatic N) is 3. The lowest BCUT2D eigenvalue weighted by Crippen LogP contribution is -2.48. The van der Waals surface area contributed by atoms with Gasteiger partial charge < -0.3 is 14.7 Å². The number of para-hydroxylation sites is 1. The molecule has 1 heterocycles. The van der Waals surface area contributed by atoms with E-state index in [4.69, 9.17) is 11.6 Å². The van der Waals surface area contributed by atoms with Gasteiger partial charge in [-0.1, -0.05) is 35.9 Å². The molecule has 0 saturated carbocycles. The standard InChI is InChI=1S/C22H26ClN3O2/c1-24(19-8-3-2-4-9-19)21(27)11-6-12-22(28)26-15-13-25(14-16-26)20-10-5-7-18(23)17-20/h2-5,7-10,17H,6,11-16H2,1H3. The van der Waals surface area contributed by atoms with Crippen molar-refractivity contribution < 1.29 is 9.59 Å². The first-order valence-electron chi connectivity index (χ1n) is 9.64. The van der Waals surface area contributed by atoms with Crippen molar-refractivity contribution in [3.05, 3.63) is 59.6 Å². The van der Waals surface area contributed by atoms with Gasteiger partial charge in [-0.2, -0.15) is 0 Å². The van der Waals surface area contributed by atoms with Gasteiger partial charge in [-0.25, -0.2) is 0 Å². The third-order valence-corrected chi connectivity index (χ3v) is 5.34. The molecule has 0 spiro atoms. The first-order chi connectivity index (χ1) is 13.5. The Balaban J connectivity index is 1.40. The van der Waals surface area contributed by atoms with E-state index in [9.17, 15) is 9.59 Å². The number of hydrogen-bond donors (Lipinski definition) is 0. The second-order valence-electron chi connectivity index (χ2n) is 6.99. The number of carbonyl (C=O) groups excluding carboxylic acids is 2. The summed E-state index contributed by atoms with van der Waals surface area (Å²) in [5.41, 5.74) is 1.96. The van der Waals surface area contributed by atoms with Gasteiger partial charge in [-0.15, -0.1) is 0 Å². The van der Waals surface area contributed by atoms with Crippen LogP contribution >= 0.6 is 11.6 Å². The first kappa shape index (κ1) is 20.2. The molecule has 1 saturated heterocycles. The van der Waals surface area contributed by atoms with Crippen molar-refractivity contribution in [1.29, 1.82) is 0 Å². The van der Waals surface area contributed by atoms with Crippen LogP contribution in [0.2, 0.25) is 5.02 Å². The van der Waals surface area contributed by atoms with Crippen LogP contribution in [-0.2, 0) is 9.59 Å². The van der Waals surface area contributed by atoms with Crippen molar-refractivity contribution in [1.82, 2.24) is 4.90 Å². The summed E-state index contributed by atoms with van der Waals surface area (Å²) in [7, 11) is 1.77. The second kappa shape index (κ2) is 9.60. The molecule has 0 unspecified atom stereocenters. The fourth-order valence-corrected chi connectivity index (χ4v) is 3.58. The lowest BCUT2D eigenvalue weighted by molar-refractivity contribution is -0.131. The number of hydrogen-bond acceptors (Lipinski definition) is 3. The van der Waals surface area contributed by atoms with Crippen LogP contribution in [0, 0.1) is 0 Å². The molecule has 0 aliphatic carbocycles. The van der Waals surface area contributed by atoms with E-state index in [1.165, 1.54) is 0 Å². The summed E-state index contributed by atoms with van der Waals surface area (Å²) in [6.45, 7) is 2.98. The predicted molar refractivity (Wildman–Crippen MR) is 114 cm³/mol. The molecule has 0 atom stereocenters. The average Bonchev–Trinajstić information content (AvgIpc) is 2.73. The normalized spacial score (nSPS) is 14.1. The molecule has 2 aromatic rings. The molecule has 2 amide bonds. The van der Waals surface area contributed by atoms with Crippen LogP contribution in [-0.4, -0.2) is 49.9 Å². The van der Waals surface area contributed by atoms with Crippen LogP contribution in [0.1, 0.15) is 19.3 Å². The number of benzene rings is 2. The first-order valence-corrected chi connectivity index (χ1v) is 10.0. The van der Waals surface area contributed by atoms with Crippen LogP contribution in [0.15, 0.2) is 54.6 Å². The molecule has 1 aliphatic heterocycles. The van der Waals surface area contributed by atoms with Gasteiger partial charge in [0.15, 0.2) is 0 Å². The van der Waals surface area contributed by atoms with E-state index in [1.807, 2.05) is 59.5 Å². The summed E-state index contributed by atoms with van der Waals surface area (Å²) in [6, 6.07) is 17.3. The Morgan fingerprint density at radius 1 is 0.964 bits per heavy atom. The summed E-state index contributed by atoms with van der Waals surface area (Å²) in [5.74, 6) is 0.158. The molecule has 0 radical (unpaired) electrons. The highest BCUT2D eigenvalue weighted by atomic mass is 35.5. The van der Waals surface area contributed by atoms with Gasteiger partial charge in [0.05, 0.1) is 0 Å². The molecule has 28 heavy (non-hydrogen) atoms. The molecule has 0 aromatic heterocycles. The second-order valence-corrected chi connectivity index (χ2v) is 7.43. The zero-order valence-electron chi connectivity index (χ0n) is 16.2. The Hall–Kier alpha value is -2.53. The molecule has 1 aliphatic rings. The number of piperazine rings is 1. The molecule has 148 valence electrons. The quantitative estimate of drug-likeness (QED) is 0.741. The lowest BCUT2D eigenvalue weighted by atomic mass is 10.1. The number of halogens is 1. The summed E-state index contributed by atoms with van der Waals surface area (Å²) in [5, 5.41) is 0.723. The fraction of sp³-hybridized carbons (Fsp3) is 0.364. The van der Waals surface area contributed by atoms with Crippen LogP contribution in [0.25, 0.3) is 0 Å². The minimum atomic E-state index is 0.0322. The SMILES string of the molecule is CN(C(=O)CCCC(=O)N1CCN(c2cccc(Cl)c2)CC1)c1ccccc1. The van der Waals surface area contributed by atoms with E-state index in [2.05, 4.69) is 4.90 Å². The molecule has 2 aromatic carbocycles. The minimum Gasteiger partial charge on any atom is -0.368 e. The van der Waals surface area contributed by atoms with Gasteiger partial charge in [0, 0.05) is 62.5 Å². The van der Waals surface area contributed by atoms with E-state index < -0.39 is 0 Å². The highest BCUT2D eigenvalue weighted by Gasteiger charge is 2.21. The molecule has 5 nitrogen and oxygen atoms in total. The Bertz CT molecular complexity index is 804. The van der Waals surface area contributed by atoms with Gasteiger partial charge in [-0.3, -0.25) is 9.59 Å². The zero-order chi connectivity index (χ0) is 19.9. The maximum absolute atomic E-state index is 12.5. The van der Waals surface area contributed by atoms with Crippen molar-refractivity contribution in [3.8, 4) is 0 Å². The van der Waals surface area contributed by atoms with Crippen molar-refractivity contribution in [2.75, 3.05) is 43.0 Å². The van der Waals surface area contributed by atoms with Crippen molar-refractivity contribution >= 4 is 34.8 Å². The maximum atomic E-state index is 12.5. The third kappa shape index (κ3) is 5.26. The molecule has 1 fully saturated rings. The molecule has 6 heteroatoms. The van der Waals surface area contributed by atoms with E-state index in [1.54, 1.807) is 11.9 Å². The number of amides is 2. The van der Waals surface area contributed by atoms with Crippen LogP contribution < -0.4 is 9.80 Å². The smallest absolute Gasteiger partial charge is 0.226 e. The molecular formula is C22H26ClN3O2. The Kier molecular flexibility index (Phi) is 6.93. The van der Waals surface area contributed by atoms with Gasteiger partial charge in [0.2, 0.25) is 11.8 Å². The monoisotopic (exact) mass is 399 g/mol. The molecule has 0 bridgehead atoms. The molecule has 0 N–H and O–H groups in total. The van der Waals surface area contributed by atoms with E-state index >= 15 is 0 Å². The topological polar surface area (TPSA) is 43.9 Å². The minimum absolute atomic E-state index is 0.0322. The van der Waals surface area contributed by atoms with Gasteiger partial charge in [0.25, 0.3) is 0 Å². The van der Waals surface area contributed by atoms with Gasteiger partial charge >= 0.3 is 0 Å². The Labute approximate surface area is 171 Å². The van der Waals surface area contributed by atoms with Crippen LogP contribution in [0.3, 0.4) is 0 Å². The van der Waals surface area contributed by atoms with E-state index in [-0.39, 0.29) is 11.8 Å². The third-order valence-electron chi connectivity index (χ3n) is 5.10. The summed E-state index contributed by atoms with van der Waals surface area (Å²) in [4.78, 5) is 30.6. The average molecular weight is 400 g/mol. The molecular weight excluding hydrogens is 374 g/mol. The fourth-order valence-electron chi connectivity index (χ4n) is 3.40. The summed E-state index contributed by atoms with van der Waals surface area (Å²) in [6.07, 6.45) is 1.36. The van der Waals surface area contributed by atoms with E-state index in [0.29, 0.717) is 32.4 Å². The maximum Gasteiger partial charge on any atom is 0.226 e. The number of rotatable bonds is 6. The summed E-state index contributed by atoms with van der Waals surface area (Å²) < 4.78 is 0. The van der Waals surface area contributed by atoms with Crippen molar-refractivity contribution in [2.24, 2.45) is 0 Å². The predicted octanol–water partition coefficient (Wildman–Crippen LogP) is 3.82. The number of carbonyl (C=O) groups is 2. The summed E-state index contributed by atoms with van der Waals surface area (Å²) >= 11 is 6.07. The largest absolute Gasteiger partial charge is 0.368 e. The highest BCUT2D eigenvalue weighted by molar-refractivity contribution is 6.30. The van der Waals surface area contributed by atoms with Crippen molar-refractivity contribution in [2.45, 2.75) is 19.3 Å². The number of anilines is 2. The van der Waals surface area contributed by atoms with E-state index in [0.717, 1.165) is 29.5 Å².